The number of nitrogens with two attached hydrogens (primary N) is 1. The lowest BCUT2D eigenvalue weighted by Crippen LogP contribution is -2.24. The van der Waals surface area contributed by atoms with E-state index < -0.39 is 0 Å². The number of thiazole rings is 2. The van der Waals surface area contributed by atoms with E-state index in [9.17, 15) is 0 Å². The summed E-state index contributed by atoms with van der Waals surface area (Å²) in [4.78, 5) is 8.29. The number of hydrazine groups is 1. The van der Waals surface area contributed by atoms with Crippen LogP contribution in [0.5, 0.6) is 0 Å². The quantitative estimate of drug-likeness (QED) is 0.654. The summed E-state index contributed by atoms with van der Waals surface area (Å²) in [5, 5.41) is 4.73. The van der Waals surface area contributed by atoms with Gasteiger partial charge < -0.3 is 0 Å². The Morgan fingerprint density at radius 3 is 2.79 bits per heavy atom. The minimum Gasteiger partial charge on any atom is -0.239 e. The summed E-state index contributed by atoms with van der Waals surface area (Å²) in [6.07, 6.45) is 1.57. The van der Waals surface area contributed by atoms with Gasteiger partial charge in [0.25, 0.3) is 0 Å². The standard InChI is InChI=1S/C7H7ClN4S2/c1-4-3-13-7(11-4)12(9)6-10-2-5(8)14-6/h2-3H,9H2,1H3. The van der Waals surface area contributed by atoms with E-state index in [0.29, 0.717) is 14.6 Å². The van der Waals surface area contributed by atoms with Gasteiger partial charge in [0, 0.05) is 5.38 Å². The molecule has 7 heteroatoms. The van der Waals surface area contributed by atoms with Crippen molar-refractivity contribution in [1.29, 1.82) is 0 Å². The van der Waals surface area contributed by atoms with Crippen LogP contribution in [0.15, 0.2) is 11.6 Å². The van der Waals surface area contributed by atoms with Gasteiger partial charge in [-0.05, 0) is 6.92 Å². The average molecular weight is 247 g/mol. The van der Waals surface area contributed by atoms with E-state index in [1.807, 2.05) is 12.3 Å². The van der Waals surface area contributed by atoms with Crippen LogP contribution in [0.2, 0.25) is 4.34 Å². The summed E-state index contributed by atoms with van der Waals surface area (Å²) in [6.45, 7) is 1.92. The molecule has 0 aliphatic heterocycles. The first-order valence-corrected chi connectivity index (χ1v) is 5.82. The van der Waals surface area contributed by atoms with Crippen LogP contribution in [0, 0.1) is 6.92 Å². The van der Waals surface area contributed by atoms with Gasteiger partial charge in [-0.2, -0.15) is 0 Å². The van der Waals surface area contributed by atoms with Gasteiger partial charge in [-0.1, -0.05) is 22.9 Å². The van der Waals surface area contributed by atoms with E-state index in [2.05, 4.69) is 9.97 Å². The first-order chi connectivity index (χ1) is 6.66. The molecular formula is C7H7ClN4S2. The minimum absolute atomic E-state index is 0.615. The maximum absolute atomic E-state index is 5.81. The second-order valence-electron chi connectivity index (χ2n) is 2.59. The molecule has 0 saturated carbocycles. The number of hydrogen-bond acceptors (Lipinski definition) is 6. The third-order valence-corrected chi connectivity index (χ3v) is 3.56. The van der Waals surface area contributed by atoms with Gasteiger partial charge in [0.05, 0.1) is 11.9 Å². The first kappa shape index (κ1) is 9.85. The zero-order valence-electron chi connectivity index (χ0n) is 7.27. The largest absolute Gasteiger partial charge is 0.239 e. The van der Waals surface area contributed by atoms with Crippen molar-refractivity contribution < 1.29 is 0 Å². The van der Waals surface area contributed by atoms with Crippen molar-refractivity contribution in [3.8, 4) is 0 Å². The Bertz CT molecular complexity index is 398. The maximum atomic E-state index is 5.81. The number of nitrogens with zero attached hydrogens (tertiary/aromatic N) is 3. The van der Waals surface area contributed by atoms with E-state index in [-0.39, 0.29) is 0 Å². The molecule has 0 saturated heterocycles. The predicted octanol–water partition coefficient (Wildman–Crippen LogP) is 2.57. The molecule has 0 aliphatic carbocycles. The molecule has 0 amide bonds. The number of halogens is 1. The lowest BCUT2D eigenvalue weighted by atomic mass is 10.6. The Labute approximate surface area is 93.9 Å². The smallest absolute Gasteiger partial charge is 0.207 e. The highest BCUT2D eigenvalue weighted by Crippen LogP contribution is 2.30. The molecule has 0 fully saturated rings. The van der Waals surface area contributed by atoms with Crippen LogP contribution in [-0.4, -0.2) is 9.97 Å². The molecule has 0 radical (unpaired) electrons. The summed E-state index contributed by atoms with van der Waals surface area (Å²) in [5.41, 5.74) is 0.947. The number of anilines is 2. The first-order valence-electron chi connectivity index (χ1n) is 3.75. The molecule has 0 bridgehead atoms. The van der Waals surface area contributed by atoms with Crippen LogP contribution in [0.1, 0.15) is 5.69 Å². The molecule has 2 rings (SSSR count). The highest BCUT2D eigenvalue weighted by molar-refractivity contribution is 7.20. The normalized spacial score (nSPS) is 10.5. The Balaban J connectivity index is 2.28. The monoisotopic (exact) mass is 246 g/mol. The summed E-state index contributed by atoms with van der Waals surface area (Å²) in [7, 11) is 0. The molecule has 0 aliphatic rings. The molecule has 74 valence electrons. The van der Waals surface area contributed by atoms with Crippen LogP contribution in [-0.2, 0) is 0 Å². The van der Waals surface area contributed by atoms with Gasteiger partial charge in [0.2, 0.25) is 10.3 Å². The van der Waals surface area contributed by atoms with Crippen molar-refractivity contribution in [1.82, 2.24) is 9.97 Å². The molecule has 2 heterocycles. The molecule has 0 atom stereocenters. The Morgan fingerprint density at radius 2 is 2.29 bits per heavy atom. The van der Waals surface area contributed by atoms with Crippen LogP contribution < -0.4 is 10.9 Å². The summed E-state index contributed by atoms with van der Waals surface area (Å²) < 4.78 is 0.615. The summed E-state index contributed by atoms with van der Waals surface area (Å²) >= 11 is 8.55. The van der Waals surface area contributed by atoms with E-state index in [0.717, 1.165) is 5.69 Å². The highest BCUT2D eigenvalue weighted by Gasteiger charge is 2.11. The molecule has 14 heavy (non-hydrogen) atoms. The molecule has 0 spiro atoms. The fourth-order valence-corrected chi connectivity index (χ4v) is 2.50. The van der Waals surface area contributed by atoms with Crippen LogP contribution in [0.4, 0.5) is 10.3 Å². The van der Waals surface area contributed by atoms with Gasteiger partial charge in [0.1, 0.15) is 4.34 Å². The Hall–Kier alpha value is -0.690. The second kappa shape index (κ2) is 3.82. The van der Waals surface area contributed by atoms with Crippen molar-refractivity contribution in [3.63, 3.8) is 0 Å². The van der Waals surface area contributed by atoms with Crippen LogP contribution in [0.3, 0.4) is 0 Å². The minimum atomic E-state index is 0.615. The maximum Gasteiger partial charge on any atom is 0.207 e. The van der Waals surface area contributed by atoms with Gasteiger partial charge in [0.15, 0.2) is 0 Å². The molecular weight excluding hydrogens is 240 g/mol. The fraction of sp³-hybridized carbons (Fsp3) is 0.143. The molecule has 2 aromatic rings. The summed E-state index contributed by atoms with van der Waals surface area (Å²) in [5.74, 6) is 5.81. The average Bonchev–Trinajstić information content (AvgIpc) is 2.73. The number of aryl methyl sites for hydroxylation is 1. The fourth-order valence-electron chi connectivity index (χ4n) is 0.891. The third-order valence-electron chi connectivity index (χ3n) is 1.48. The SMILES string of the molecule is Cc1csc(N(N)c2ncc(Cl)s2)n1. The molecule has 2 aromatic heterocycles. The zero-order valence-corrected chi connectivity index (χ0v) is 9.66. The summed E-state index contributed by atoms with van der Waals surface area (Å²) in [6, 6.07) is 0. The van der Waals surface area contributed by atoms with Crippen molar-refractivity contribution >= 4 is 44.5 Å². The van der Waals surface area contributed by atoms with Gasteiger partial charge in [-0.3, -0.25) is 0 Å². The van der Waals surface area contributed by atoms with Gasteiger partial charge in [-0.25, -0.2) is 20.8 Å². The topological polar surface area (TPSA) is 55.0 Å². The number of aromatic nitrogens is 2. The Morgan fingerprint density at radius 1 is 1.50 bits per heavy atom. The zero-order chi connectivity index (χ0) is 10.1. The van der Waals surface area contributed by atoms with Crippen molar-refractivity contribution in [2.75, 3.05) is 5.01 Å². The molecule has 0 aromatic carbocycles. The van der Waals surface area contributed by atoms with E-state index in [1.54, 1.807) is 6.20 Å². The van der Waals surface area contributed by atoms with Gasteiger partial charge in [-0.15, -0.1) is 11.3 Å². The van der Waals surface area contributed by atoms with Gasteiger partial charge >= 0.3 is 0 Å². The highest BCUT2D eigenvalue weighted by atomic mass is 35.5. The molecule has 2 N–H and O–H groups in total. The molecule has 0 unspecified atom stereocenters. The number of hydrogen-bond donors (Lipinski definition) is 1. The number of rotatable bonds is 2. The van der Waals surface area contributed by atoms with Crippen molar-refractivity contribution in [2.45, 2.75) is 6.92 Å². The van der Waals surface area contributed by atoms with Crippen molar-refractivity contribution in [2.24, 2.45) is 5.84 Å². The predicted molar refractivity (Wildman–Crippen MR) is 60.3 cm³/mol. The second-order valence-corrected chi connectivity index (χ2v) is 5.07. The van der Waals surface area contributed by atoms with E-state index >= 15 is 0 Å². The Kier molecular flexibility index (Phi) is 2.69. The van der Waals surface area contributed by atoms with E-state index in [4.69, 9.17) is 17.4 Å². The van der Waals surface area contributed by atoms with Crippen LogP contribution in [0.25, 0.3) is 0 Å². The van der Waals surface area contributed by atoms with E-state index in [1.165, 1.54) is 27.7 Å². The molecule has 4 nitrogen and oxygen atoms in total. The third kappa shape index (κ3) is 1.88. The van der Waals surface area contributed by atoms with Crippen LogP contribution >= 0.6 is 34.3 Å². The lowest BCUT2D eigenvalue weighted by Gasteiger charge is -2.09. The van der Waals surface area contributed by atoms with Crippen molar-refractivity contribution in [3.05, 3.63) is 21.6 Å². The lowest BCUT2D eigenvalue weighted by molar-refractivity contribution is 1.04.